The lowest BCUT2D eigenvalue weighted by Crippen LogP contribution is -2.29. The monoisotopic (exact) mass is 407 g/mol. The number of thiazole rings is 1. The number of carbonyl (C=O) groups excluding carboxylic acids is 2. The van der Waals surface area contributed by atoms with E-state index in [1.54, 1.807) is 29.5 Å². The van der Waals surface area contributed by atoms with E-state index in [4.69, 9.17) is 4.74 Å². The number of benzene rings is 2. The lowest BCUT2D eigenvalue weighted by atomic mass is 10.1. The van der Waals surface area contributed by atoms with Crippen LogP contribution in [0.3, 0.4) is 0 Å². The number of rotatable bonds is 5. The third-order valence-electron chi connectivity index (χ3n) is 4.25. The first-order valence-electron chi connectivity index (χ1n) is 8.85. The molecular formula is C21H17N3O4S. The molecule has 0 atom stereocenters. The minimum atomic E-state index is -0.604. The van der Waals surface area contributed by atoms with Crippen molar-refractivity contribution in [3.8, 4) is 17.2 Å². The van der Waals surface area contributed by atoms with Crippen LogP contribution in [0.15, 0.2) is 42.6 Å². The topological polar surface area (TPSA) is 101 Å². The molecular weight excluding hydrogens is 390 g/mol. The number of aromatic nitrogens is 2. The number of nitrogens with zero attached hydrogens (tertiary/aromatic N) is 2. The Bertz CT molecular complexity index is 1270. The molecule has 0 aliphatic rings. The van der Waals surface area contributed by atoms with Gasteiger partial charge in [-0.05, 0) is 44.2 Å². The summed E-state index contributed by atoms with van der Waals surface area (Å²) in [5.41, 5.74) is 0.807. The van der Waals surface area contributed by atoms with Crippen molar-refractivity contribution in [3.05, 3.63) is 53.3 Å². The summed E-state index contributed by atoms with van der Waals surface area (Å²) >= 11 is 1.60. The summed E-state index contributed by atoms with van der Waals surface area (Å²) in [5, 5.41) is 14.9. The molecule has 0 fully saturated rings. The molecule has 0 unspecified atom stereocenters. The first kappa shape index (κ1) is 18.8. The molecule has 1 amide bonds. The predicted molar refractivity (Wildman–Crippen MR) is 111 cm³/mol. The standard InChI is InChI=1S/C21H17N3O4S/c1-11(25)9-23-21(27)19-20(26)16-5-3-14(7-13(16)10-22-19)28-15-4-6-17-18(8-15)29-12(2)24-17/h3-8,10,26H,9H2,1-2H3,(H,23,27). The number of pyridine rings is 1. The molecule has 29 heavy (non-hydrogen) atoms. The number of aryl methyl sites for hydroxylation is 1. The molecule has 0 aliphatic heterocycles. The van der Waals surface area contributed by atoms with E-state index in [9.17, 15) is 14.7 Å². The van der Waals surface area contributed by atoms with E-state index in [1.165, 1.54) is 13.1 Å². The summed E-state index contributed by atoms with van der Waals surface area (Å²) in [6, 6.07) is 10.8. The quantitative estimate of drug-likeness (QED) is 0.519. The van der Waals surface area contributed by atoms with Gasteiger partial charge < -0.3 is 15.2 Å². The summed E-state index contributed by atoms with van der Waals surface area (Å²) in [7, 11) is 0. The van der Waals surface area contributed by atoms with Gasteiger partial charge in [0.25, 0.3) is 5.91 Å². The summed E-state index contributed by atoms with van der Waals surface area (Å²) < 4.78 is 6.98. The molecule has 7 nitrogen and oxygen atoms in total. The Hall–Kier alpha value is -3.52. The third-order valence-corrected chi connectivity index (χ3v) is 5.18. The number of carbonyl (C=O) groups is 2. The predicted octanol–water partition coefficient (Wildman–Crippen LogP) is 3.97. The highest BCUT2D eigenvalue weighted by molar-refractivity contribution is 7.18. The van der Waals surface area contributed by atoms with Crippen molar-refractivity contribution in [2.24, 2.45) is 0 Å². The SMILES string of the molecule is CC(=O)CNC(=O)c1ncc2cc(Oc3ccc4nc(C)sc4c3)ccc2c1O. The summed E-state index contributed by atoms with van der Waals surface area (Å²) in [6.07, 6.45) is 1.49. The Kier molecular flexibility index (Phi) is 4.85. The second-order valence-corrected chi connectivity index (χ2v) is 7.79. The first-order chi connectivity index (χ1) is 13.9. The van der Waals surface area contributed by atoms with Crippen LogP contribution in [0.2, 0.25) is 0 Å². The van der Waals surface area contributed by atoms with E-state index < -0.39 is 5.91 Å². The average molecular weight is 407 g/mol. The van der Waals surface area contributed by atoms with Gasteiger partial charge in [-0.2, -0.15) is 0 Å². The zero-order chi connectivity index (χ0) is 20.5. The summed E-state index contributed by atoms with van der Waals surface area (Å²) in [5.74, 6) is 0.225. The lowest BCUT2D eigenvalue weighted by Gasteiger charge is -2.10. The molecule has 8 heteroatoms. The van der Waals surface area contributed by atoms with Gasteiger partial charge in [-0.15, -0.1) is 11.3 Å². The maximum Gasteiger partial charge on any atom is 0.274 e. The van der Waals surface area contributed by atoms with E-state index >= 15 is 0 Å². The number of ketones is 1. The normalized spacial score (nSPS) is 11.0. The van der Waals surface area contributed by atoms with Crippen LogP contribution in [0.25, 0.3) is 21.0 Å². The molecule has 2 heterocycles. The molecule has 2 aromatic heterocycles. The Balaban J connectivity index is 1.61. The van der Waals surface area contributed by atoms with Gasteiger partial charge in [0.05, 0.1) is 21.8 Å². The van der Waals surface area contributed by atoms with Crippen LogP contribution in [0.1, 0.15) is 22.4 Å². The number of aromatic hydroxyl groups is 1. The highest BCUT2D eigenvalue weighted by Gasteiger charge is 2.16. The van der Waals surface area contributed by atoms with Crippen molar-refractivity contribution in [3.63, 3.8) is 0 Å². The fourth-order valence-electron chi connectivity index (χ4n) is 2.92. The molecule has 0 spiro atoms. The van der Waals surface area contributed by atoms with Crippen molar-refractivity contribution in [1.29, 1.82) is 0 Å². The molecule has 0 aliphatic carbocycles. The Labute approximate surface area is 170 Å². The highest BCUT2D eigenvalue weighted by atomic mass is 32.1. The zero-order valence-electron chi connectivity index (χ0n) is 15.7. The van der Waals surface area contributed by atoms with Gasteiger partial charge in [0.15, 0.2) is 11.4 Å². The molecule has 4 rings (SSSR count). The minimum Gasteiger partial charge on any atom is -0.505 e. The van der Waals surface area contributed by atoms with Crippen molar-refractivity contribution in [1.82, 2.24) is 15.3 Å². The van der Waals surface area contributed by atoms with Gasteiger partial charge in [0, 0.05) is 23.0 Å². The molecule has 2 aromatic carbocycles. The van der Waals surface area contributed by atoms with Crippen molar-refractivity contribution in [2.75, 3.05) is 6.54 Å². The number of Topliss-reactive ketones (excluding diaryl/α,β-unsaturated/α-hetero) is 1. The van der Waals surface area contributed by atoms with Gasteiger partial charge in [-0.1, -0.05) is 0 Å². The summed E-state index contributed by atoms with van der Waals surface area (Å²) in [6.45, 7) is 3.21. The van der Waals surface area contributed by atoms with Gasteiger partial charge >= 0.3 is 0 Å². The molecule has 4 aromatic rings. The van der Waals surface area contributed by atoms with Crippen LogP contribution in [0.5, 0.6) is 17.2 Å². The minimum absolute atomic E-state index is 0.117. The number of amides is 1. The van der Waals surface area contributed by atoms with Crippen LogP contribution in [-0.2, 0) is 4.79 Å². The van der Waals surface area contributed by atoms with E-state index in [2.05, 4.69) is 15.3 Å². The van der Waals surface area contributed by atoms with E-state index in [0.29, 0.717) is 22.3 Å². The molecule has 2 N–H and O–H groups in total. The van der Waals surface area contributed by atoms with Crippen LogP contribution in [0, 0.1) is 6.92 Å². The Morgan fingerprint density at radius 3 is 2.72 bits per heavy atom. The van der Waals surface area contributed by atoms with E-state index in [0.717, 1.165) is 15.2 Å². The van der Waals surface area contributed by atoms with E-state index in [1.807, 2.05) is 25.1 Å². The number of ether oxygens (including phenoxy) is 1. The first-order valence-corrected chi connectivity index (χ1v) is 9.67. The van der Waals surface area contributed by atoms with Crippen molar-refractivity contribution < 1.29 is 19.4 Å². The Morgan fingerprint density at radius 2 is 1.93 bits per heavy atom. The van der Waals surface area contributed by atoms with Crippen molar-refractivity contribution in [2.45, 2.75) is 13.8 Å². The average Bonchev–Trinajstić information content (AvgIpc) is 3.05. The molecule has 0 saturated carbocycles. The van der Waals surface area contributed by atoms with Gasteiger partial charge in [-0.25, -0.2) is 9.97 Å². The fourth-order valence-corrected chi connectivity index (χ4v) is 3.78. The van der Waals surface area contributed by atoms with Gasteiger partial charge in [-0.3, -0.25) is 9.59 Å². The summed E-state index contributed by atoms with van der Waals surface area (Å²) in [4.78, 5) is 31.6. The van der Waals surface area contributed by atoms with Crippen molar-refractivity contribution >= 4 is 44.0 Å². The maximum absolute atomic E-state index is 12.1. The second kappa shape index (κ2) is 7.48. The molecule has 0 bridgehead atoms. The molecule has 0 saturated heterocycles. The molecule has 146 valence electrons. The van der Waals surface area contributed by atoms with E-state index in [-0.39, 0.29) is 23.8 Å². The zero-order valence-corrected chi connectivity index (χ0v) is 16.5. The fraction of sp³-hybridized carbons (Fsp3) is 0.143. The second-order valence-electron chi connectivity index (χ2n) is 6.55. The number of fused-ring (bicyclic) bond motifs is 2. The number of hydrogen-bond acceptors (Lipinski definition) is 7. The van der Waals surface area contributed by atoms with Crippen LogP contribution < -0.4 is 10.1 Å². The Morgan fingerprint density at radius 1 is 1.17 bits per heavy atom. The largest absolute Gasteiger partial charge is 0.505 e. The van der Waals surface area contributed by atoms with Gasteiger partial charge in [0.2, 0.25) is 0 Å². The highest BCUT2D eigenvalue weighted by Crippen LogP contribution is 2.33. The number of hydrogen-bond donors (Lipinski definition) is 2. The number of nitrogens with one attached hydrogen (secondary N) is 1. The third kappa shape index (κ3) is 3.88. The lowest BCUT2D eigenvalue weighted by molar-refractivity contribution is -0.116. The maximum atomic E-state index is 12.1. The smallest absolute Gasteiger partial charge is 0.274 e. The molecule has 0 radical (unpaired) electrons. The van der Waals surface area contributed by atoms with Gasteiger partial charge in [0.1, 0.15) is 17.3 Å². The van der Waals surface area contributed by atoms with Crippen LogP contribution in [-0.4, -0.2) is 33.3 Å². The van der Waals surface area contributed by atoms with Crippen LogP contribution in [0.4, 0.5) is 0 Å². The van der Waals surface area contributed by atoms with Crippen LogP contribution >= 0.6 is 11.3 Å².